The van der Waals surface area contributed by atoms with E-state index in [-0.39, 0.29) is 5.41 Å². The first-order chi connectivity index (χ1) is 23.1. The second-order valence-corrected chi connectivity index (χ2v) is 13.0. The molecule has 1 aromatic heterocycles. The molecule has 9 rings (SSSR count). The predicted molar refractivity (Wildman–Crippen MR) is 198 cm³/mol. The van der Waals surface area contributed by atoms with Gasteiger partial charge in [0.25, 0.3) is 0 Å². The Balaban J connectivity index is 1.31. The number of hydrogen-bond acceptors (Lipinski definition) is 1. The largest absolute Gasteiger partial charge is 0.310 e. The van der Waals surface area contributed by atoms with Crippen LogP contribution in [0.3, 0.4) is 0 Å². The maximum atomic E-state index is 2.42. The SMILES string of the molecule is CC1(C)c2ccccc2-c2c(-c3ccccc3N(c3ccccc3)c3ccc4c5ccccc5n(-c5ccccc5)c4c3)cccc21. The molecular formula is C45H34N2. The quantitative estimate of drug-likeness (QED) is 0.190. The summed E-state index contributed by atoms with van der Waals surface area (Å²) in [6.07, 6.45) is 0. The van der Waals surface area contributed by atoms with Crippen molar-refractivity contribution in [1.29, 1.82) is 0 Å². The molecule has 0 atom stereocenters. The van der Waals surface area contributed by atoms with Crippen LogP contribution in [0.15, 0.2) is 170 Å². The minimum Gasteiger partial charge on any atom is -0.310 e. The van der Waals surface area contributed by atoms with E-state index in [2.05, 4.69) is 193 Å². The lowest BCUT2D eigenvalue weighted by Gasteiger charge is -2.29. The number of aromatic nitrogens is 1. The molecule has 224 valence electrons. The van der Waals surface area contributed by atoms with E-state index in [1.807, 2.05) is 0 Å². The second-order valence-electron chi connectivity index (χ2n) is 13.0. The van der Waals surface area contributed by atoms with Gasteiger partial charge in [0.05, 0.1) is 16.7 Å². The molecule has 0 aliphatic heterocycles. The van der Waals surface area contributed by atoms with Crippen LogP contribution in [0.4, 0.5) is 17.1 Å². The Morgan fingerprint density at radius 3 is 1.89 bits per heavy atom. The second kappa shape index (κ2) is 10.6. The molecule has 2 nitrogen and oxygen atoms in total. The summed E-state index contributed by atoms with van der Waals surface area (Å²) < 4.78 is 2.40. The first kappa shape index (κ1) is 27.5. The van der Waals surface area contributed by atoms with Crippen LogP contribution in [0.25, 0.3) is 49.7 Å². The highest BCUT2D eigenvalue weighted by molar-refractivity contribution is 6.10. The summed E-state index contributed by atoms with van der Waals surface area (Å²) in [6.45, 7) is 4.70. The number of fused-ring (bicyclic) bond motifs is 6. The van der Waals surface area contributed by atoms with Crippen molar-refractivity contribution in [2.45, 2.75) is 19.3 Å². The molecule has 0 amide bonds. The monoisotopic (exact) mass is 602 g/mol. The van der Waals surface area contributed by atoms with Gasteiger partial charge in [-0.2, -0.15) is 0 Å². The highest BCUT2D eigenvalue weighted by atomic mass is 15.1. The van der Waals surface area contributed by atoms with Crippen LogP contribution in [0.1, 0.15) is 25.0 Å². The molecule has 1 aliphatic carbocycles. The Bertz CT molecular complexity index is 2430. The van der Waals surface area contributed by atoms with Gasteiger partial charge in [-0.3, -0.25) is 0 Å². The number of hydrogen-bond donors (Lipinski definition) is 0. The Morgan fingerprint density at radius 2 is 1.06 bits per heavy atom. The minimum atomic E-state index is -0.0636. The maximum absolute atomic E-state index is 2.42. The van der Waals surface area contributed by atoms with E-state index in [0.29, 0.717) is 0 Å². The summed E-state index contributed by atoms with van der Waals surface area (Å²) in [4.78, 5) is 2.42. The average molecular weight is 603 g/mol. The van der Waals surface area contributed by atoms with Crippen molar-refractivity contribution in [2.75, 3.05) is 4.90 Å². The van der Waals surface area contributed by atoms with Gasteiger partial charge < -0.3 is 9.47 Å². The molecule has 1 heterocycles. The van der Waals surface area contributed by atoms with E-state index in [1.54, 1.807) is 0 Å². The van der Waals surface area contributed by atoms with Gasteiger partial charge in [-0.05, 0) is 76.3 Å². The molecule has 7 aromatic carbocycles. The number of rotatable bonds is 5. The van der Waals surface area contributed by atoms with E-state index in [4.69, 9.17) is 0 Å². The lowest BCUT2D eigenvalue weighted by molar-refractivity contribution is 0.660. The van der Waals surface area contributed by atoms with E-state index < -0.39 is 0 Å². The van der Waals surface area contributed by atoms with Crippen LogP contribution in [0.2, 0.25) is 0 Å². The fraction of sp³-hybridized carbons (Fsp3) is 0.0667. The van der Waals surface area contributed by atoms with Gasteiger partial charge >= 0.3 is 0 Å². The Labute approximate surface area is 275 Å². The summed E-state index contributed by atoms with van der Waals surface area (Å²) in [5.41, 5.74) is 14.8. The van der Waals surface area contributed by atoms with Gasteiger partial charge in [0, 0.05) is 38.8 Å². The zero-order valence-electron chi connectivity index (χ0n) is 26.6. The third kappa shape index (κ3) is 4.18. The molecule has 0 N–H and O–H groups in total. The van der Waals surface area contributed by atoms with Crippen LogP contribution < -0.4 is 4.90 Å². The summed E-state index contributed by atoms with van der Waals surface area (Å²) in [5, 5.41) is 2.50. The molecule has 0 saturated carbocycles. The molecule has 8 aromatic rings. The summed E-state index contributed by atoms with van der Waals surface area (Å²) in [6, 6.07) is 61.8. The van der Waals surface area contributed by atoms with Gasteiger partial charge in [0.1, 0.15) is 0 Å². The van der Waals surface area contributed by atoms with E-state index in [0.717, 1.165) is 22.7 Å². The lowest BCUT2D eigenvalue weighted by Crippen LogP contribution is -2.14. The topological polar surface area (TPSA) is 8.17 Å². The molecule has 2 heteroatoms. The number of benzene rings is 7. The van der Waals surface area contributed by atoms with Gasteiger partial charge in [-0.1, -0.05) is 135 Å². The summed E-state index contributed by atoms with van der Waals surface area (Å²) in [5.74, 6) is 0. The van der Waals surface area contributed by atoms with Crippen molar-refractivity contribution in [2.24, 2.45) is 0 Å². The molecular weight excluding hydrogens is 569 g/mol. The smallest absolute Gasteiger partial charge is 0.0561 e. The zero-order valence-corrected chi connectivity index (χ0v) is 26.6. The molecule has 0 radical (unpaired) electrons. The minimum absolute atomic E-state index is 0.0636. The number of anilines is 3. The van der Waals surface area contributed by atoms with Crippen molar-refractivity contribution in [3.8, 4) is 27.9 Å². The standard InChI is InChI=1S/C45H34N2/c1-45(2)39-24-12-9-22-38(39)44-37(23-15-25-40(44)45)35-21-11-13-26-41(35)46(31-16-5-3-6-17-31)33-28-29-36-34-20-10-14-27-42(34)47(43(36)30-33)32-18-7-4-8-19-32/h3-30H,1-2H3. The Morgan fingerprint density at radius 1 is 0.447 bits per heavy atom. The van der Waals surface area contributed by atoms with Gasteiger partial charge in [0.15, 0.2) is 0 Å². The third-order valence-corrected chi connectivity index (χ3v) is 9.99. The normalized spacial score (nSPS) is 13.1. The van der Waals surface area contributed by atoms with E-state index in [1.165, 1.54) is 55.2 Å². The van der Waals surface area contributed by atoms with Crippen LogP contribution in [-0.2, 0) is 5.41 Å². The molecule has 0 fully saturated rings. The molecule has 0 unspecified atom stereocenters. The Hall–Kier alpha value is -5.86. The van der Waals surface area contributed by atoms with Crippen molar-refractivity contribution in [3.63, 3.8) is 0 Å². The van der Waals surface area contributed by atoms with Gasteiger partial charge in [-0.25, -0.2) is 0 Å². The molecule has 0 spiro atoms. The van der Waals surface area contributed by atoms with E-state index in [9.17, 15) is 0 Å². The molecule has 0 bridgehead atoms. The van der Waals surface area contributed by atoms with Gasteiger partial charge in [-0.15, -0.1) is 0 Å². The first-order valence-electron chi connectivity index (χ1n) is 16.4. The average Bonchev–Trinajstić information content (AvgIpc) is 3.58. The van der Waals surface area contributed by atoms with Crippen molar-refractivity contribution in [1.82, 2.24) is 4.57 Å². The molecule has 0 saturated heterocycles. The summed E-state index contributed by atoms with van der Waals surface area (Å²) >= 11 is 0. The van der Waals surface area contributed by atoms with Crippen LogP contribution in [-0.4, -0.2) is 4.57 Å². The fourth-order valence-corrected chi connectivity index (χ4v) is 7.83. The predicted octanol–water partition coefficient (Wildman–Crippen LogP) is 12.2. The van der Waals surface area contributed by atoms with Gasteiger partial charge in [0.2, 0.25) is 0 Å². The van der Waals surface area contributed by atoms with E-state index >= 15 is 0 Å². The number of para-hydroxylation sites is 4. The lowest BCUT2D eigenvalue weighted by atomic mass is 9.82. The molecule has 1 aliphatic rings. The van der Waals surface area contributed by atoms with Crippen LogP contribution >= 0.6 is 0 Å². The highest BCUT2D eigenvalue weighted by Crippen LogP contribution is 2.53. The number of nitrogens with zero attached hydrogens (tertiary/aromatic N) is 2. The third-order valence-electron chi connectivity index (χ3n) is 9.99. The maximum Gasteiger partial charge on any atom is 0.0561 e. The van der Waals surface area contributed by atoms with Crippen LogP contribution in [0.5, 0.6) is 0 Å². The zero-order chi connectivity index (χ0) is 31.5. The summed E-state index contributed by atoms with van der Waals surface area (Å²) in [7, 11) is 0. The van der Waals surface area contributed by atoms with Crippen molar-refractivity contribution >= 4 is 38.9 Å². The van der Waals surface area contributed by atoms with Crippen LogP contribution in [0, 0.1) is 0 Å². The van der Waals surface area contributed by atoms with Crippen molar-refractivity contribution in [3.05, 3.63) is 181 Å². The fourth-order valence-electron chi connectivity index (χ4n) is 7.83. The Kier molecular flexibility index (Phi) is 6.20. The first-order valence-corrected chi connectivity index (χ1v) is 16.4. The molecule has 47 heavy (non-hydrogen) atoms. The van der Waals surface area contributed by atoms with Crippen molar-refractivity contribution < 1.29 is 0 Å². The highest BCUT2D eigenvalue weighted by Gasteiger charge is 2.37.